The molecule has 0 saturated carbocycles. The molecule has 1 fully saturated rings. The SMILES string of the molecule is CC(NC1CC(C)N(C)C1)c1ccc(Br)cc1. The molecular weight excluding hydrogens is 276 g/mol. The van der Waals surface area contributed by atoms with E-state index in [1.54, 1.807) is 0 Å². The molecule has 2 nitrogen and oxygen atoms in total. The van der Waals surface area contributed by atoms with Crippen molar-refractivity contribution in [3.63, 3.8) is 0 Å². The van der Waals surface area contributed by atoms with Crippen LogP contribution in [0, 0.1) is 0 Å². The van der Waals surface area contributed by atoms with Gasteiger partial charge in [0.05, 0.1) is 0 Å². The minimum atomic E-state index is 0.423. The highest BCUT2D eigenvalue weighted by Gasteiger charge is 2.26. The largest absolute Gasteiger partial charge is 0.306 e. The maximum absolute atomic E-state index is 3.72. The first-order chi connectivity index (χ1) is 8.06. The van der Waals surface area contributed by atoms with Crippen molar-refractivity contribution in [3.8, 4) is 0 Å². The summed E-state index contributed by atoms with van der Waals surface area (Å²) >= 11 is 3.47. The van der Waals surface area contributed by atoms with Gasteiger partial charge < -0.3 is 10.2 Å². The first-order valence-electron chi connectivity index (χ1n) is 6.28. The number of hydrogen-bond acceptors (Lipinski definition) is 2. The molecule has 1 aromatic rings. The van der Waals surface area contributed by atoms with Crippen molar-refractivity contribution >= 4 is 15.9 Å². The Morgan fingerprint density at radius 2 is 2.00 bits per heavy atom. The summed E-state index contributed by atoms with van der Waals surface area (Å²) < 4.78 is 1.14. The van der Waals surface area contributed by atoms with Crippen LogP contribution in [-0.2, 0) is 0 Å². The monoisotopic (exact) mass is 296 g/mol. The van der Waals surface area contributed by atoms with Gasteiger partial charge in [-0.25, -0.2) is 0 Å². The molecule has 1 aliphatic heterocycles. The second-order valence-electron chi connectivity index (χ2n) is 5.16. The van der Waals surface area contributed by atoms with E-state index in [2.05, 4.69) is 71.3 Å². The molecule has 0 amide bonds. The van der Waals surface area contributed by atoms with Gasteiger partial charge in [0.1, 0.15) is 0 Å². The van der Waals surface area contributed by atoms with Crippen LogP contribution in [0.3, 0.4) is 0 Å². The maximum Gasteiger partial charge on any atom is 0.0294 e. The van der Waals surface area contributed by atoms with Gasteiger partial charge in [-0.1, -0.05) is 28.1 Å². The number of likely N-dealkylation sites (tertiary alicyclic amines) is 1. The summed E-state index contributed by atoms with van der Waals surface area (Å²) in [6, 6.07) is 10.3. The Balaban J connectivity index is 1.93. The molecule has 1 aromatic carbocycles. The van der Waals surface area contributed by atoms with Crippen molar-refractivity contribution in [2.75, 3.05) is 13.6 Å². The van der Waals surface area contributed by atoms with Crippen LogP contribution >= 0.6 is 15.9 Å². The Bertz CT molecular complexity index is 353. The number of hydrogen-bond donors (Lipinski definition) is 1. The van der Waals surface area contributed by atoms with Crippen molar-refractivity contribution < 1.29 is 0 Å². The quantitative estimate of drug-likeness (QED) is 0.921. The van der Waals surface area contributed by atoms with Crippen molar-refractivity contribution in [1.82, 2.24) is 10.2 Å². The van der Waals surface area contributed by atoms with Crippen LogP contribution in [0.15, 0.2) is 28.7 Å². The van der Waals surface area contributed by atoms with Gasteiger partial charge >= 0.3 is 0 Å². The molecule has 3 heteroatoms. The van der Waals surface area contributed by atoms with Crippen molar-refractivity contribution in [2.24, 2.45) is 0 Å². The van der Waals surface area contributed by atoms with Crippen LogP contribution in [-0.4, -0.2) is 30.6 Å². The van der Waals surface area contributed by atoms with Crippen LogP contribution in [0.2, 0.25) is 0 Å². The molecule has 1 heterocycles. The van der Waals surface area contributed by atoms with Crippen molar-refractivity contribution in [2.45, 2.75) is 38.4 Å². The van der Waals surface area contributed by atoms with Crippen LogP contribution in [0.4, 0.5) is 0 Å². The van der Waals surface area contributed by atoms with Gasteiger partial charge in [0.15, 0.2) is 0 Å². The number of rotatable bonds is 3. The molecule has 0 radical (unpaired) electrons. The standard InChI is InChI=1S/C14H21BrN2/c1-10-8-14(9-17(10)3)16-11(2)12-4-6-13(15)7-5-12/h4-7,10-11,14,16H,8-9H2,1-3H3. The highest BCUT2D eigenvalue weighted by Crippen LogP contribution is 2.21. The number of benzene rings is 1. The third-order valence-electron chi connectivity index (χ3n) is 3.74. The van der Waals surface area contributed by atoms with Crippen molar-refractivity contribution in [1.29, 1.82) is 0 Å². The van der Waals surface area contributed by atoms with Crippen molar-refractivity contribution in [3.05, 3.63) is 34.3 Å². The number of nitrogens with zero attached hydrogens (tertiary/aromatic N) is 1. The van der Waals surface area contributed by atoms with E-state index < -0.39 is 0 Å². The summed E-state index contributed by atoms with van der Waals surface area (Å²) in [5.41, 5.74) is 1.36. The molecule has 3 unspecified atom stereocenters. The van der Waals surface area contributed by atoms with Gasteiger partial charge in [-0.15, -0.1) is 0 Å². The minimum absolute atomic E-state index is 0.423. The van der Waals surface area contributed by atoms with E-state index >= 15 is 0 Å². The van der Waals surface area contributed by atoms with Crippen LogP contribution in [0.25, 0.3) is 0 Å². The normalized spacial score (nSPS) is 27.3. The smallest absolute Gasteiger partial charge is 0.0294 e. The molecule has 2 rings (SSSR count). The van der Waals surface area contributed by atoms with Crippen LogP contribution in [0.5, 0.6) is 0 Å². The first-order valence-corrected chi connectivity index (χ1v) is 7.07. The fraction of sp³-hybridized carbons (Fsp3) is 0.571. The lowest BCUT2D eigenvalue weighted by Crippen LogP contribution is -2.33. The maximum atomic E-state index is 3.72. The van der Waals surface area contributed by atoms with E-state index in [0.29, 0.717) is 18.1 Å². The molecule has 0 aromatic heterocycles. The fourth-order valence-electron chi connectivity index (χ4n) is 2.52. The molecule has 0 aliphatic carbocycles. The Morgan fingerprint density at radius 3 is 2.53 bits per heavy atom. The number of nitrogens with one attached hydrogen (secondary N) is 1. The average molecular weight is 297 g/mol. The Labute approximate surface area is 113 Å². The lowest BCUT2D eigenvalue weighted by Gasteiger charge is -2.19. The van der Waals surface area contributed by atoms with Gasteiger partial charge in [0.25, 0.3) is 0 Å². The third kappa shape index (κ3) is 3.30. The molecule has 1 aliphatic rings. The third-order valence-corrected chi connectivity index (χ3v) is 4.27. The number of halogens is 1. The number of likely N-dealkylation sites (N-methyl/N-ethyl adjacent to an activating group) is 1. The zero-order valence-corrected chi connectivity index (χ0v) is 12.4. The zero-order chi connectivity index (χ0) is 12.4. The molecular formula is C14H21BrN2. The Hall–Kier alpha value is -0.380. The topological polar surface area (TPSA) is 15.3 Å². The van der Waals surface area contributed by atoms with Crippen LogP contribution < -0.4 is 5.32 Å². The highest BCUT2D eigenvalue weighted by molar-refractivity contribution is 9.10. The van der Waals surface area contributed by atoms with E-state index in [1.807, 2.05) is 0 Å². The second-order valence-corrected chi connectivity index (χ2v) is 6.08. The summed E-state index contributed by atoms with van der Waals surface area (Å²) in [6.45, 7) is 5.69. The first kappa shape index (κ1) is 13.1. The zero-order valence-electron chi connectivity index (χ0n) is 10.8. The molecule has 1 saturated heterocycles. The van der Waals surface area contributed by atoms with Crippen LogP contribution in [0.1, 0.15) is 31.9 Å². The van der Waals surface area contributed by atoms with Gasteiger partial charge in [0.2, 0.25) is 0 Å². The van der Waals surface area contributed by atoms with Gasteiger partial charge in [-0.2, -0.15) is 0 Å². The Kier molecular flexibility index (Phi) is 4.23. The predicted octanol–water partition coefficient (Wildman–Crippen LogP) is 3.19. The summed E-state index contributed by atoms with van der Waals surface area (Å²) in [6.07, 6.45) is 1.25. The molecule has 3 atom stereocenters. The van der Waals surface area contributed by atoms with E-state index in [0.717, 1.165) is 11.0 Å². The fourth-order valence-corrected chi connectivity index (χ4v) is 2.78. The minimum Gasteiger partial charge on any atom is -0.306 e. The lowest BCUT2D eigenvalue weighted by molar-refractivity contribution is 0.325. The molecule has 94 valence electrons. The van der Waals surface area contributed by atoms with Gasteiger partial charge in [-0.05, 0) is 45.0 Å². The molecule has 0 bridgehead atoms. The van der Waals surface area contributed by atoms with Gasteiger partial charge in [-0.3, -0.25) is 0 Å². The molecule has 1 N–H and O–H groups in total. The van der Waals surface area contributed by atoms with E-state index in [1.165, 1.54) is 12.0 Å². The summed E-state index contributed by atoms with van der Waals surface area (Å²) in [5.74, 6) is 0. The summed E-state index contributed by atoms with van der Waals surface area (Å²) in [5, 5.41) is 3.72. The summed E-state index contributed by atoms with van der Waals surface area (Å²) in [4.78, 5) is 2.42. The summed E-state index contributed by atoms with van der Waals surface area (Å²) in [7, 11) is 2.21. The highest BCUT2D eigenvalue weighted by atomic mass is 79.9. The second kappa shape index (κ2) is 5.51. The molecule has 17 heavy (non-hydrogen) atoms. The van der Waals surface area contributed by atoms with E-state index in [9.17, 15) is 0 Å². The lowest BCUT2D eigenvalue weighted by atomic mass is 10.1. The average Bonchev–Trinajstić information content (AvgIpc) is 2.58. The predicted molar refractivity (Wildman–Crippen MR) is 76.2 cm³/mol. The van der Waals surface area contributed by atoms with Gasteiger partial charge in [0, 0.05) is 29.1 Å². The Morgan fingerprint density at radius 1 is 1.35 bits per heavy atom. The van der Waals surface area contributed by atoms with E-state index in [-0.39, 0.29) is 0 Å². The van der Waals surface area contributed by atoms with E-state index in [4.69, 9.17) is 0 Å². The molecule has 0 spiro atoms.